The zero-order chi connectivity index (χ0) is 15.7. The highest BCUT2D eigenvalue weighted by molar-refractivity contribution is 6.33. The first-order chi connectivity index (χ1) is 10.6. The maximum atomic E-state index is 6.03. The van der Waals surface area contributed by atoms with E-state index < -0.39 is 0 Å². The van der Waals surface area contributed by atoms with E-state index >= 15 is 0 Å². The van der Waals surface area contributed by atoms with Gasteiger partial charge in [-0.25, -0.2) is 0 Å². The van der Waals surface area contributed by atoms with Gasteiger partial charge >= 0.3 is 0 Å². The number of benzene rings is 2. The molecule has 5 heteroatoms. The maximum absolute atomic E-state index is 6.03. The molecule has 0 aliphatic carbocycles. The Balaban J connectivity index is 2.08. The molecule has 0 radical (unpaired) electrons. The van der Waals surface area contributed by atoms with Crippen molar-refractivity contribution in [2.75, 3.05) is 12.8 Å². The van der Waals surface area contributed by atoms with E-state index in [9.17, 15) is 0 Å². The highest BCUT2D eigenvalue weighted by atomic mass is 35.5. The van der Waals surface area contributed by atoms with Crippen LogP contribution in [0.5, 0.6) is 17.2 Å². The lowest BCUT2D eigenvalue weighted by molar-refractivity contribution is 0.412. The minimum absolute atomic E-state index is 0.462. The van der Waals surface area contributed by atoms with Gasteiger partial charge in [0.1, 0.15) is 17.2 Å². The molecule has 1 aromatic heterocycles. The summed E-state index contributed by atoms with van der Waals surface area (Å²) in [5.74, 6) is 2.09. The number of aryl methyl sites for hydroxylation is 1. The number of rotatable bonds is 3. The number of pyridine rings is 1. The number of nitrogens with zero attached hydrogens (tertiary/aromatic N) is 1. The first-order valence-corrected chi connectivity index (χ1v) is 7.12. The summed E-state index contributed by atoms with van der Waals surface area (Å²) in [6.45, 7) is 1.98. The maximum Gasteiger partial charge on any atom is 0.138 e. The van der Waals surface area contributed by atoms with Crippen LogP contribution in [0.4, 0.5) is 5.69 Å². The Morgan fingerprint density at radius 1 is 1.09 bits per heavy atom. The number of methoxy groups -OCH3 is 1. The summed E-state index contributed by atoms with van der Waals surface area (Å²) >= 11 is 6.03. The Hall–Kier alpha value is -2.46. The second-order valence-electron chi connectivity index (χ2n) is 4.93. The van der Waals surface area contributed by atoms with Crippen LogP contribution in [0, 0.1) is 6.92 Å². The average molecular weight is 315 g/mol. The van der Waals surface area contributed by atoms with E-state index in [4.69, 9.17) is 26.8 Å². The molecule has 0 aliphatic rings. The van der Waals surface area contributed by atoms with E-state index in [0.717, 1.165) is 22.2 Å². The monoisotopic (exact) mass is 314 g/mol. The Bertz CT molecular complexity index is 849. The van der Waals surface area contributed by atoms with Crippen LogP contribution in [0.1, 0.15) is 5.56 Å². The van der Waals surface area contributed by atoms with Gasteiger partial charge < -0.3 is 15.2 Å². The highest BCUT2D eigenvalue weighted by Crippen LogP contribution is 2.34. The Morgan fingerprint density at radius 2 is 1.91 bits per heavy atom. The molecule has 2 N–H and O–H groups in total. The summed E-state index contributed by atoms with van der Waals surface area (Å²) in [5.41, 5.74) is 8.10. The highest BCUT2D eigenvalue weighted by Gasteiger charge is 2.09. The molecule has 3 aromatic rings. The van der Waals surface area contributed by atoms with Gasteiger partial charge in [-0.2, -0.15) is 0 Å². The molecule has 0 unspecified atom stereocenters. The fraction of sp³-hybridized carbons (Fsp3) is 0.118. The van der Waals surface area contributed by atoms with Gasteiger partial charge in [-0.05, 0) is 42.8 Å². The van der Waals surface area contributed by atoms with Gasteiger partial charge in [-0.15, -0.1) is 0 Å². The zero-order valence-corrected chi connectivity index (χ0v) is 13.0. The van der Waals surface area contributed by atoms with Gasteiger partial charge in [-0.3, -0.25) is 4.98 Å². The number of halogens is 1. The fourth-order valence-electron chi connectivity index (χ4n) is 2.26. The Kier molecular flexibility index (Phi) is 3.77. The summed E-state index contributed by atoms with van der Waals surface area (Å²) < 4.78 is 11.3. The third-order valence-electron chi connectivity index (χ3n) is 3.42. The van der Waals surface area contributed by atoms with Crippen molar-refractivity contribution in [2.45, 2.75) is 6.92 Å². The van der Waals surface area contributed by atoms with Crippen molar-refractivity contribution < 1.29 is 9.47 Å². The SMILES string of the molecule is COc1cc2c(Oc3ccc(N)c(Cl)c3)ccnc2cc1C. The van der Waals surface area contributed by atoms with Gasteiger partial charge in [0, 0.05) is 17.6 Å². The van der Waals surface area contributed by atoms with Crippen molar-refractivity contribution in [2.24, 2.45) is 0 Å². The number of ether oxygens (including phenoxy) is 2. The van der Waals surface area contributed by atoms with Crippen molar-refractivity contribution in [3.8, 4) is 17.2 Å². The van der Waals surface area contributed by atoms with Gasteiger partial charge in [0.25, 0.3) is 0 Å². The summed E-state index contributed by atoms with van der Waals surface area (Å²) in [4.78, 5) is 4.37. The molecule has 4 nitrogen and oxygen atoms in total. The van der Waals surface area contributed by atoms with E-state index in [2.05, 4.69) is 4.98 Å². The van der Waals surface area contributed by atoms with E-state index in [1.165, 1.54) is 0 Å². The molecule has 0 amide bonds. The van der Waals surface area contributed by atoms with Crippen LogP contribution < -0.4 is 15.2 Å². The number of anilines is 1. The predicted octanol–water partition coefficient (Wildman–Crippen LogP) is 4.58. The summed E-state index contributed by atoms with van der Waals surface area (Å²) in [6, 6.07) is 10.9. The van der Waals surface area contributed by atoms with Crippen molar-refractivity contribution in [3.63, 3.8) is 0 Å². The van der Waals surface area contributed by atoms with Crippen molar-refractivity contribution in [3.05, 3.63) is 53.2 Å². The van der Waals surface area contributed by atoms with Crippen LogP contribution in [0.25, 0.3) is 10.9 Å². The van der Waals surface area contributed by atoms with E-state index in [0.29, 0.717) is 22.2 Å². The van der Waals surface area contributed by atoms with Gasteiger partial charge in [0.05, 0.1) is 23.3 Å². The molecule has 2 aromatic carbocycles. The molecular weight excluding hydrogens is 300 g/mol. The van der Waals surface area contributed by atoms with Gasteiger partial charge in [0.2, 0.25) is 0 Å². The van der Waals surface area contributed by atoms with Crippen LogP contribution in [0.2, 0.25) is 5.02 Å². The van der Waals surface area contributed by atoms with E-state index in [1.54, 1.807) is 37.6 Å². The number of hydrogen-bond donors (Lipinski definition) is 1. The van der Waals surface area contributed by atoms with Crippen LogP contribution in [0.3, 0.4) is 0 Å². The van der Waals surface area contributed by atoms with Gasteiger partial charge in [0.15, 0.2) is 0 Å². The number of nitrogen functional groups attached to an aromatic ring is 1. The number of hydrogen-bond acceptors (Lipinski definition) is 4. The minimum atomic E-state index is 0.462. The first kappa shape index (κ1) is 14.5. The predicted molar refractivity (Wildman–Crippen MR) is 89.0 cm³/mol. The lowest BCUT2D eigenvalue weighted by Crippen LogP contribution is -1.92. The van der Waals surface area contributed by atoms with Crippen LogP contribution >= 0.6 is 11.6 Å². The minimum Gasteiger partial charge on any atom is -0.496 e. The quantitative estimate of drug-likeness (QED) is 0.719. The number of fused-ring (bicyclic) bond motifs is 1. The summed E-state index contributed by atoms with van der Waals surface area (Å²) in [7, 11) is 1.64. The zero-order valence-electron chi connectivity index (χ0n) is 12.3. The molecule has 0 aliphatic heterocycles. The molecular formula is C17H15ClN2O2. The molecule has 0 spiro atoms. The summed E-state index contributed by atoms with van der Waals surface area (Å²) in [6.07, 6.45) is 1.71. The molecule has 22 heavy (non-hydrogen) atoms. The van der Waals surface area contributed by atoms with Gasteiger partial charge in [-0.1, -0.05) is 11.6 Å². The van der Waals surface area contributed by atoms with Crippen LogP contribution in [0.15, 0.2) is 42.6 Å². The lowest BCUT2D eigenvalue weighted by Gasteiger charge is -2.12. The molecule has 1 heterocycles. The molecule has 0 atom stereocenters. The van der Waals surface area contributed by atoms with Crippen molar-refractivity contribution in [1.82, 2.24) is 4.98 Å². The molecule has 0 saturated carbocycles. The second kappa shape index (κ2) is 5.73. The lowest BCUT2D eigenvalue weighted by atomic mass is 10.1. The molecule has 3 rings (SSSR count). The fourth-order valence-corrected chi connectivity index (χ4v) is 2.43. The van der Waals surface area contributed by atoms with E-state index in [-0.39, 0.29) is 0 Å². The Labute approximate surface area is 133 Å². The smallest absolute Gasteiger partial charge is 0.138 e. The third kappa shape index (κ3) is 2.65. The molecule has 0 bridgehead atoms. The van der Waals surface area contributed by atoms with Crippen LogP contribution in [-0.4, -0.2) is 12.1 Å². The molecule has 0 saturated heterocycles. The van der Waals surface area contributed by atoms with E-state index in [1.807, 2.05) is 19.1 Å². The second-order valence-corrected chi connectivity index (χ2v) is 5.34. The largest absolute Gasteiger partial charge is 0.496 e. The number of nitrogens with two attached hydrogens (primary N) is 1. The van der Waals surface area contributed by atoms with Crippen molar-refractivity contribution >= 4 is 28.2 Å². The third-order valence-corrected chi connectivity index (χ3v) is 3.75. The van der Waals surface area contributed by atoms with Crippen molar-refractivity contribution in [1.29, 1.82) is 0 Å². The number of aromatic nitrogens is 1. The average Bonchev–Trinajstić information content (AvgIpc) is 2.50. The summed E-state index contributed by atoms with van der Waals surface area (Å²) in [5, 5.41) is 1.34. The standard InChI is InChI=1S/C17H15ClN2O2/c1-10-7-15-12(9-17(10)21-2)16(5-6-20-15)22-11-3-4-14(19)13(18)8-11/h3-9H,19H2,1-2H3. The first-order valence-electron chi connectivity index (χ1n) is 6.74. The normalized spacial score (nSPS) is 10.7. The topological polar surface area (TPSA) is 57.4 Å². The van der Waals surface area contributed by atoms with Crippen LogP contribution in [-0.2, 0) is 0 Å². The Morgan fingerprint density at radius 3 is 2.64 bits per heavy atom. The molecule has 0 fully saturated rings. The molecule has 112 valence electrons.